The molecule has 2 aromatic carbocycles. The molecule has 2 heterocycles. The second kappa shape index (κ2) is 9.66. The Morgan fingerprint density at radius 1 is 1.19 bits per heavy atom. The summed E-state index contributed by atoms with van der Waals surface area (Å²) in [4.78, 5) is 2.16. The number of aromatic nitrogens is 2. The number of aliphatic hydroxyl groups excluding tert-OH is 1. The van der Waals surface area contributed by atoms with Crippen molar-refractivity contribution in [2.45, 2.75) is 25.6 Å². The molecule has 1 fully saturated rings. The number of halogens is 2. The van der Waals surface area contributed by atoms with E-state index in [4.69, 9.17) is 21.4 Å². The molecule has 1 aromatic heterocycles. The quantitative estimate of drug-likeness (QED) is 0.561. The molecule has 2 N–H and O–H groups in total. The number of nitrogens with one attached hydrogen (secondary N) is 1. The van der Waals surface area contributed by atoms with Gasteiger partial charge < -0.3 is 20.1 Å². The number of fused-ring (bicyclic) bond motifs is 1. The van der Waals surface area contributed by atoms with E-state index in [0.29, 0.717) is 49.1 Å². The van der Waals surface area contributed by atoms with Crippen molar-refractivity contribution in [2.24, 2.45) is 5.92 Å². The summed E-state index contributed by atoms with van der Waals surface area (Å²) in [5.74, 6) is 2.05. The molecule has 0 amide bonds. The minimum absolute atomic E-state index is 0.0993. The maximum absolute atomic E-state index is 13.8. The summed E-state index contributed by atoms with van der Waals surface area (Å²) in [7, 11) is 1.59. The highest BCUT2D eigenvalue weighted by Crippen LogP contribution is 2.32. The van der Waals surface area contributed by atoms with Crippen LogP contribution in [0.4, 0.5) is 16.0 Å². The fourth-order valence-corrected chi connectivity index (χ4v) is 4.36. The first-order chi connectivity index (χ1) is 15.1. The average Bonchev–Trinajstić information content (AvgIpc) is 2.82. The van der Waals surface area contributed by atoms with Crippen LogP contribution in [0.3, 0.4) is 0 Å². The van der Waals surface area contributed by atoms with Gasteiger partial charge in [-0.05, 0) is 36.5 Å². The van der Waals surface area contributed by atoms with Gasteiger partial charge in [-0.15, -0.1) is 10.2 Å². The number of methoxy groups -OCH3 is 1. The Labute approximate surface area is 186 Å². The van der Waals surface area contributed by atoms with E-state index in [0.717, 1.165) is 22.2 Å². The van der Waals surface area contributed by atoms with Gasteiger partial charge in [-0.1, -0.05) is 41.9 Å². The van der Waals surface area contributed by atoms with E-state index in [1.807, 2.05) is 42.5 Å². The van der Waals surface area contributed by atoms with Crippen molar-refractivity contribution in [3.8, 4) is 5.75 Å². The van der Waals surface area contributed by atoms with Crippen molar-refractivity contribution >= 4 is 34.0 Å². The summed E-state index contributed by atoms with van der Waals surface area (Å²) in [5, 5.41) is 23.9. The van der Waals surface area contributed by atoms with Crippen LogP contribution in [0, 0.1) is 5.92 Å². The van der Waals surface area contributed by atoms with Crippen molar-refractivity contribution in [2.75, 3.05) is 37.0 Å². The summed E-state index contributed by atoms with van der Waals surface area (Å²) >= 11 is 6.23. The third-order valence-corrected chi connectivity index (χ3v) is 6.16. The number of anilines is 2. The van der Waals surface area contributed by atoms with Gasteiger partial charge in [0.1, 0.15) is 11.9 Å². The first-order valence-electron chi connectivity index (χ1n) is 10.4. The summed E-state index contributed by atoms with van der Waals surface area (Å²) < 4.78 is 19.0. The van der Waals surface area contributed by atoms with E-state index in [1.165, 1.54) is 0 Å². The fourth-order valence-electron chi connectivity index (χ4n) is 4.08. The number of benzene rings is 2. The maximum atomic E-state index is 13.8. The number of nitrogens with zero attached hydrogens (tertiary/aromatic N) is 3. The molecule has 0 aliphatic carbocycles. The van der Waals surface area contributed by atoms with Crippen molar-refractivity contribution in [3.05, 3.63) is 53.1 Å². The fraction of sp³-hybridized carbons (Fsp3) is 0.391. The van der Waals surface area contributed by atoms with E-state index in [1.54, 1.807) is 7.11 Å². The molecule has 1 atom stereocenters. The van der Waals surface area contributed by atoms with Crippen LogP contribution in [0.15, 0.2) is 42.5 Å². The molecular weight excluding hydrogens is 419 g/mol. The van der Waals surface area contributed by atoms with E-state index in [2.05, 4.69) is 20.4 Å². The first-order valence-corrected chi connectivity index (χ1v) is 10.8. The lowest BCUT2D eigenvalue weighted by Crippen LogP contribution is -2.38. The zero-order valence-electron chi connectivity index (χ0n) is 17.4. The molecule has 1 aliphatic heterocycles. The molecule has 1 saturated heterocycles. The average molecular weight is 445 g/mol. The molecule has 4 rings (SSSR count). The molecule has 8 heteroatoms. The molecule has 0 radical (unpaired) electrons. The number of piperidine rings is 1. The monoisotopic (exact) mass is 444 g/mol. The second-order valence-corrected chi connectivity index (χ2v) is 8.17. The van der Waals surface area contributed by atoms with Crippen molar-refractivity contribution in [1.82, 2.24) is 10.2 Å². The molecule has 1 aliphatic rings. The molecule has 0 saturated carbocycles. The largest absolute Gasteiger partial charge is 0.495 e. The third kappa shape index (κ3) is 4.67. The van der Waals surface area contributed by atoms with Crippen LogP contribution in [0.2, 0.25) is 5.02 Å². The Bertz CT molecular complexity index is 1040. The summed E-state index contributed by atoms with van der Waals surface area (Å²) in [6.07, 6.45) is 0.231. The highest BCUT2D eigenvalue weighted by molar-refractivity contribution is 6.32. The van der Waals surface area contributed by atoms with Gasteiger partial charge in [0.25, 0.3) is 0 Å². The highest BCUT2D eigenvalue weighted by Gasteiger charge is 2.27. The smallest absolute Gasteiger partial charge is 0.159 e. The van der Waals surface area contributed by atoms with Gasteiger partial charge in [0.15, 0.2) is 11.6 Å². The van der Waals surface area contributed by atoms with Gasteiger partial charge in [0.05, 0.1) is 18.7 Å². The maximum Gasteiger partial charge on any atom is 0.159 e. The number of alkyl halides is 1. The SMILES string of the molecule is COc1ccc(CNc2nnc(N3CCC(C(F)CO)CC3)c3ccccc23)cc1Cl. The second-order valence-electron chi connectivity index (χ2n) is 7.76. The number of aliphatic hydroxyl groups is 1. The van der Waals surface area contributed by atoms with Gasteiger partial charge in [0.2, 0.25) is 0 Å². The lowest BCUT2D eigenvalue weighted by atomic mass is 9.92. The lowest BCUT2D eigenvalue weighted by molar-refractivity contribution is 0.112. The Morgan fingerprint density at radius 3 is 2.61 bits per heavy atom. The summed E-state index contributed by atoms with van der Waals surface area (Å²) in [5.41, 5.74) is 1.01. The van der Waals surface area contributed by atoms with Gasteiger partial charge in [0, 0.05) is 30.4 Å². The molecular formula is C23H26ClFN4O2. The highest BCUT2D eigenvalue weighted by atomic mass is 35.5. The van der Waals surface area contributed by atoms with Crippen LogP contribution in [0.1, 0.15) is 18.4 Å². The molecule has 1 unspecified atom stereocenters. The predicted octanol–water partition coefficient (Wildman–Crippen LogP) is 4.45. The molecule has 31 heavy (non-hydrogen) atoms. The Hall–Kier alpha value is -2.64. The Morgan fingerprint density at radius 2 is 1.94 bits per heavy atom. The zero-order chi connectivity index (χ0) is 21.8. The number of ether oxygens (including phenoxy) is 1. The normalized spacial score (nSPS) is 15.8. The Balaban J connectivity index is 1.53. The summed E-state index contributed by atoms with van der Waals surface area (Å²) in [6, 6.07) is 13.7. The van der Waals surface area contributed by atoms with E-state index >= 15 is 0 Å². The molecule has 0 spiro atoms. The third-order valence-electron chi connectivity index (χ3n) is 5.87. The van der Waals surface area contributed by atoms with Gasteiger partial charge in [-0.25, -0.2) is 4.39 Å². The van der Waals surface area contributed by atoms with Crippen molar-refractivity contribution in [1.29, 1.82) is 0 Å². The Kier molecular flexibility index (Phi) is 6.73. The minimum Gasteiger partial charge on any atom is -0.495 e. The summed E-state index contributed by atoms with van der Waals surface area (Å²) in [6.45, 7) is 1.53. The molecule has 164 valence electrons. The van der Waals surface area contributed by atoms with E-state index in [-0.39, 0.29) is 5.92 Å². The van der Waals surface area contributed by atoms with Crippen LogP contribution in [-0.2, 0) is 6.54 Å². The number of rotatable bonds is 7. The van der Waals surface area contributed by atoms with Crippen LogP contribution < -0.4 is 15.0 Å². The van der Waals surface area contributed by atoms with Gasteiger partial charge in [-0.2, -0.15) is 0 Å². The van der Waals surface area contributed by atoms with Crippen molar-refractivity contribution in [3.63, 3.8) is 0 Å². The van der Waals surface area contributed by atoms with Crippen molar-refractivity contribution < 1.29 is 14.2 Å². The number of hydrogen-bond donors (Lipinski definition) is 2. The van der Waals surface area contributed by atoms with Gasteiger partial charge in [-0.3, -0.25) is 0 Å². The van der Waals surface area contributed by atoms with E-state index < -0.39 is 12.8 Å². The van der Waals surface area contributed by atoms with Gasteiger partial charge >= 0.3 is 0 Å². The first kappa shape index (κ1) is 21.6. The molecule has 6 nitrogen and oxygen atoms in total. The lowest BCUT2D eigenvalue weighted by Gasteiger charge is -2.34. The predicted molar refractivity (Wildman–Crippen MR) is 122 cm³/mol. The number of hydrogen-bond acceptors (Lipinski definition) is 6. The standard InChI is InChI=1S/C23H26ClFN4O2/c1-31-21-7-6-15(12-19(21)24)13-26-22-17-4-2-3-5-18(17)23(28-27-22)29-10-8-16(9-11-29)20(25)14-30/h2-7,12,16,20,30H,8-11,13-14H2,1H3,(H,26,27). The van der Waals surface area contributed by atoms with E-state index in [9.17, 15) is 4.39 Å². The molecule has 0 bridgehead atoms. The van der Waals surface area contributed by atoms with Crippen LogP contribution in [0.25, 0.3) is 10.8 Å². The van der Waals surface area contributed by atoms with Crippen LogP contribution in [0.5, 0.6) is 5.75 Å². The minimum atomic E-state index is -1.15. The van der Waals surface area contributed by atoms with Crippen LogP contribution >= 0.6 is 11.6 Å². The zero-order valence-corrected chi connectivity index (χ0v) is 18.1. The topological polar surface area (TPSA) is 70.5 Å². The molecule has 3 aromatic rings. The van der Waals surface area contributed by atoms with Crippen LogP contribution in [-0.4, -0.2) is 48.3 Å².